The van der Waals surface area contributed by atoms with Gasteiger partial charge in [-0.15, -0.1) is 0 Å². The number of aromatic nitrogens is 2. The molecule has 2 heterocycles. The zero-order valence-corrected chi connectivity index (χ0v) is 17.3. The number of anilines is 1. The minimum absolute atomic E-state index is 0.0442. The highest BCUT2D eigenvalue weighted by Gasteiger charge is 2.24. The fraction of sp³-hybridized carbons (Fsp3) is 0.400. The molecule has 1 aliphatic heterocycles. The van der Waals surface area contributed by atoms with E-state index in [4.69, 9.17) is 4.74 Å². The van der Waals surface area contributed by atoms with Crippen LogP contribution >= 0.6 is 11.8 Å². The number of rotatable bonds is 6. The van der Waals surface area contributed by atoms with Crippen LogP contribution in [-0.4, -0.2) is 65.3 Å². The number of piperazine rings is 1. The smallest absolute Gasteiger partial charge is 0.346 e. The molecule has 0 saturated carbocycles. The van der Waals surface area contributed by atoms with E-state index in [9.17, 15) is 14.4 Å². The average Bonchev–Trinajstić information content (AvgIpc) is 2.72. The first-order valence-corrected chi connectivity index (χ1v) is 10.5. The number of aromatic amines is 1. The molecule has 2 aromatic rings. The number of aryl methyl sites for hydroxylation is 1. The average molecular weight is 417 g/mol. The molecule has 1 saturated heterocycles. The lowest BCUT2D eigenvalue weighted by atomic mass is 10.2. The van der Waals surface area contributed by atoms with Gasteiger partial charge in [-0.3, -0.25) is 4.79 Å². The van der Waals surface area contributed by atoms with Gasteiger partial charge in [-0.2, -0.15) is 4.98 Å². The summed E-state index contributed by atoms with van der Waals surface area (Å²) in [7, 11) is 0. The van der Waals surface area contributed by atoms with E-state index in [2.05, 4.69) is 27.0 Å². The number of ether oxygens (including phenoxy) is 1. The molecule has 0 atom stereocenters. The first kappa shape index (κ1) is 20.9. The number of carbonyl (C=O) groups is 2. The van der Waals surface area contributed by atoms with Gasteiger partial charge in [0.1, 0.15) is 10.6 Å². The summed E-state index contributed by atoms with van der Waals surface area (Å²) >= 11 is 1.09. The molecule has 1 N–H and O–H groups in total. The quantitative estimate of drug-likeness (QED) is 0.435. The number of esters is 1. The highest BCUT2D eigenvalue weighted by atomic mass is 32.2. The Bertz CT molecular complexity index is 924. The minimum atomic E-state index is -0.555. The summed E-state index contributed by atoms with van der Waals surface area (Å²) in [6, 6.07) is 10.1. The standard InChI is InChI=1S/C20H24N4O4S/c1-3-28-19(26)17-14(2)21-20(27)22-18(17)29-13-16(25)24-11-9-23(10-12-24)15-7-5-4-6-8-15/h4-8H,3,9-13H2,1-2H3,(H,21,22,27). The van der Waals surface area contributed by atoms with Gasteiger partial charge in [0, 0.05) is 37.6 Å². The lowest BCUT2D eigenvalue weighted by Gasteiger charge is -2.36. The molecule has 1 fully saturated rings. The van der Waals surface area contributed by atoms with Gasteiger partial charge >= 0.3 is 11.7 Å². The maximum Gasteiger partial charge on any atom is 0.346 e. The van der Waals surface area contributed by atoms with Crippen molar-refractivity contribution in [2.75, 3.05) is 43.4 Å². The zero-order valence-electron chi connectivity index (χ0n) is 16.5. The molecule has 1 aliphatic rings. The minimum Gasteiger partial charge on any atom is -0.462 e. The third-order valence-corrected chi connectivity index (χ3v) is 5.61. The predicted octanol–water partition coefficient (Wildman–Crippen LogP) is 1.70. The molecule has 1 amide bonds. The summed E-state index contributed by atoms with van der Waals surface area (Å²) in [6.45, 7) is 6.31. The van der Waals surface area contributed by atoms with Crippen molar-refractivity contribution in [3.8, 4) is 0 Å². The molecule has 29 heavy (non-hydrogen) atoms. The second-order valence-corrected chi connectivity index (χ2v) is 7.52. The fourth-order valence-corrected chi connectivity index (χ4v) is 4.15. The van der Waals surface area contributed by atoms with Gasteiger partial charge in [0.15, 0.2) is 0 Å². The van der Waals surface area contributed by atoms with E-state index in [0.717, 1.165) is 30.5 Å². The van der Waals surface area contributed by atoms with Crippen molar-refractivity contribution < 1.29 is 14.3 Å². The first-order valence-electron chi connectivity index (χ1n) is 9.48. The van der Waals surface area contributed by atoms with Crippen molar-refractivity contribution in [3.05, 3.63) is 52.1 Å². The van der Waals surface area contributed by atoms with Gasteiger partial charge in [-0.1, -0.05) is 30.0 Å². The lowest BCUT2D eigenvalue weighted by Crippen LogP contribution is -2.49. The number of benzene rings is 1. The Morgan fingerprint density at radius 2 is 1.86 bits per heavy atom. The van der Waals surface area contributed by atoms with Crippen molar-refractivity contribution in [3.63, 3.8) is 0 Å². The van der Waals surface area contributed by atoms with E-state index >= 15 is 0 Å². The SMILES string of the molecule is CCOC(=O)c1c(SCC(=O)N2CCN(c3ccccc3)CC2)nc(=O)[nH]c1C. The fourth-order valence-electron chi connectivity index (χ4n) is 3.18. The summed E-state index contributed by atoms with van der Waals surface area (Å²) in [5.74, 6) is -0.495. The van der Waals surface area contributed by atoms with E-state index in [1.54, 1.807) is 18.7 Å². The Labute approximate surface area is 173 Å². The maximum atomic E-state index is 12.6. The van der Waals surface area contributed by atoms with Crippen molar-refractivity contribution in [1.82, 2.24) is 14.9 Å². The van der Waals surface area contributed by atoms with Crippen molar-refractivity contribution in [2.45, 2.75) is 18.9 Å². The molecule has 1 aromatic carbocycles. The maximum absolute atomic E-state index is 12.6. The van der Waals surface area contributed by atoms with Crippen molar-refractivity contribution in [2.24, 2.45) is 0 Å². The van der Waals surface area contributed by atoms with Crippen molar-refractivity contribution in [1.29, 1.82) is 0 Å². The van der Waals surface area contributed by atoms with E-state index in [-0.39, 0.29) is 28.9 Å². The molecule has 9 heteroatoms. The Kier molecular flexibility index (Phi) is 6.92. The van der Waals surface area contributed by atoms with Crippen LogP contribution in [0.25, 0.3) is 0 Å². The van der Waals surface area contributed by atoms with E-state index < -0.39 is 11.7 Å². The molecule has 0 aliphatic carbocycles. The van der Waals surface area contributed by atoms with Crippen LogP contribution in [0.3, 0.4) is 0 Å². The van der Waals surface area contributed by atoms with Gasteiger partial charge in [0.25, 0.3) is 0 Å². The van der Waals surface area contributed by atoms with E-state index in [0.29, 0.717) is 18.8 Å². The number of amides is 1. The molecule has 0 bridgehead atoms. The number of para-hydroxylation sites is 1. The number of nitrogens with one attached hydrogen (secondary N) is 1. The number of hydrogen-bond acceptors (Lipinski definition) is 7. The second kappa shape index (κ2) is 9.60. The van der Waals surface area contributed by atoms with Crippen LogP contribution in [0.5, 0.6) is 0 Å². The van der Waals surface area contributed by atoms with E-state index in [1.165, 1.54) is 0 Å². The Morgan fingerprint density at radius 1 is 1.17 bits per heavy atom. The van der Waals surface area contributed by atoms with Crippen LogP contribution in [0.15, 0.2) is 40.2 Å². The Hall–Kier alpha value is -2.81. The van der Waals surface area contributed by atoms with Crippen LogP contribution in [0.1, 0.15) is 23.0 Å². The summed E-state index contributed by atoms with van der Waals surface area (Å²) < 4.78 is 5.05. The highest BCUT2D eigenvalue weighted by Crippen LogP contribution is 2.23. The lowest BCUT2D eigenvalue weighted by molar-refractivity contribution is -0.128. The van der Waals surface area contributed by atoms with Gasteiger partial charge in [0.05, 0.1) is 12.4 Å². The first-order chi connectivity index (χ1) is 14.0. The van der Waals surface area contributed by atoms with Crippen LogP contribution < -0.4 is 10.6 Å². The van der Waals surface area contributed by atoms with Crippen LogP contribution in [0, 0.1) is 6.92 Å². The van der Waals surface area contributed by atoms with E-state index in [1.807, 2.05) is 18.2 Å². The third kappa shape index (κ3) is 5.17. The molecule has 3 rings (SSSR count). The Morgan fingerprint density at radius 3 is 2.52 bits per heavy atom. The monoisotopic (exact) mass is 416 g/mol. The zero-order chi connectivity index (χ0) is 20.8. The summed E-state index contributed by atoms with van der Waals surface area (Å²) in [5, 5.41) is 0.223. The van der Waals surface area contributed by atoms with Crippen LogP contribution in [0.4, 0.5) is 5.69 Å². The summed E-state index contributed by atoms with van der Waals surface area (Å²) in [5.41, 5.74) is 1.19. The van der Waals surface area contributed by atoms with Crippen molar-refractivity contribution >= 4 is 29.3 Å². The Balaban J connectivity index is 1.61. The number of H-pyrrole nitrogens is 1. The third-order valence-electron chi connectivity index (χ3n) is 4.65. The molecule has 0 radical (unpaired) electrons. The highest BCUT2D eigenvalue weighted by molar-refractivity contribution is 8.00. The van der Waals surface area contributed by atoms with Crippen LogP contribution in [-0.2, 0) is 9.53 Å². The number of carbonyl (C=O) groups excluding carboxylic acids is 2. The molecule has 154 valence electrons. The molecule has 0 spiro atoms. The molecule has 1 aromatic heterocycles. The molecule has 8 nitrogen and oxygen atoms in total. The second-order valence-electron chi connectivity index (χ2n) is 6.56. The van der Waals surface area contributed by atoms with Gasteiger partial charge in [0.2, 0.25) is 5.91 Å². The largest absolute Gasteiger partial charge is 0.462 e. The number of thioether (sulfide) groups is 1. The van der Waals surface area contributed by atoms with Gasteiger partial charge in [-0.25, -0.2) is 9.59 Å². The van der Waals surface area contributed by atoms with Crippen LogP contribution in [0.2, 0.25) is 0 Å². The topological polar surface area (TPSA) is 95.6 Å². The number of nitrogens with zero attached hydrogens (tertiary/aromatic N) is 3. The molecular formula is C20H24N4O4S. The summed E-state index contributed by atoms with van der Waals surface area (Å²) in [4.78, 5) is 47.0. The normalized spacial score (nSPS) is 14.0. The predicted molar refractivity (Wildman–Crippen MR) is 112 cm³/mol. The molecule has 0 unspecified atom stereocenters. The van der Waals surface area contributed by atoms with Gasteiger partial charge in [-0.05, 0) is 26.0 Å². The molecular weight excluding hydrogens is 392 g/mol. The number of hydrogen-bond donors (Lipinski definition) is 1. The summed E-state index contributed by atoms with van der Waals surface area (Å²) in [6.07, 6.45) is 0. The van der Waals surface area contributed by atoms with Gasteiger partial charge < -0.3 is 19.5 Å².